The van der Waals surface area contributed by atoms with Crippen molar-refractivity contribution in [2.45, 2.75) is 13.8 Å². The number of benzene rings is 2. The molecule has 0 saturated heterocycles. The van der Waals surface area contributed by atoms with Gasteiger partial charge in [0.25, 0.3) is 0 Å². The van der Waals surface area contributed by atoms with Crippen molar-refractivity contribution in [3.8, 4) is 16.9 Å². The van der Waals surface area contributed by atoms with E-state index in [1.165, 1.54) is 5.56 Å². The molecule has 0 aliphatic carbocycles. The van der Waals surface area contributed by atoms with Crippen LogP contribution >= 0.6 is 8.60 Å². The standard InChI is InChI=1S/C14H15O3P/c1-10-6-5-8-12(11(10)2)13-7-3-4-9-14(13)17-18(15)16/h3-9,15-16H,1-2H3. The Morgan fingerprint density at radius 2 is 1.56 bits per heavy atom. The quantitative estimate of drug-likeness (QED) is 0.831. The zero-order valence-electron chi connectivity index (χ0n) is 10.3. The number of hydrogen-bond donors (Lipinski definition) is 2. The Morgan fingerprint density at radius 3 is 2.28 bits per heavy atom. The Labute approximate surface area is 108 Å². The molecule has 0 heterocycles. The van der Waals surface area contributed by atoms with Crippen LogP contribution in [0.4, 0.5) is 0 Å². The van der Waals surface area contributed by atoms with Crippen LogP contribution in [0.1, 0.15) is 11.1 Å². The predicted octanol–water partition coefficient (Wildman–Crippen LogP) is 3.56. The zero-order chi connectivity index (χ0) is 13.1. The molecule has 0 fully saturated rings. The number of hydrogen-bond acceptors (Lipinski definition) is 3. The molecule has 0 amide bonds. The summed E-state index contributed by atoms with van der Waals surface area (Å²) >= 11 is 0. The van der Waals surface area contributed by atoms with E-state index in [-0.39, 0.29) is 0 Å². The SMILES string of the molecule is Cc1cccc(-c2ccccc2OP(O)O)c1C. The van der Waals surface area contributed by atoms with E-state index in [1.807, 2.05) is 50.2 Å². The van der Waals surface area contributed by atoms with Gasteiger partial charge in [-0.3, -0.25) is 0 Å². The summed E-state index contributed by atoms with van der Waals surface area (Å²) in [4.78, 5) is 18.0. The fourth-order valence-electron chi connectivity index (χ4n) is 1.90. The van der Waals surface area contributed by atoms with Crippen molar-refractivity contribution < 1.29 is 14.3 Å². The topological polar surface area (TPSA) is 49.7 Å². The lowest BCUT2D eigenvalue weighted by atomic mass is 9.96. The maximum Gasteiger partial charge on any atom is 0.391 e. The molecule has 18 heavy (non-hydrogen) atoms. The summed E-state index contributed by atoms with van der Waals surface area (Å²) in [7, 11) is -2.40. The molecule has 0 unspecified atom stereocenters. The van der Waals surface area contributed by atoms with E-state index in [2.05, 4.69) is 0 Å². The Kier molecular flexibility index (Phi) is 3.97. The van der Waals surface area contributed by atoms with Crippen LogP contribution in [0.3, 0.4) is 0 Å². The first kappa shape index (κ1) is 13.0. The van der Waals surface area contributed by atoms with Crippen LogP contribution < -0.4 is 4.52 Å². The van der Waals surface area contributed by atoms with Crippen LogP contribution in [0.2, 0.25) is 0 Å². The highest BCUT2D eigenvalue weighted by molar-refractivity contribution is 7.39. The molecule has 0 aliphatic heterocycles. The van der Waals surface area contributed by atoms with Crippen molar-refractivity contribution in [2.24, 2.45) is 0 Å². The smallest absolute Gasteiger partial charge is 0.391 e. The molecule has 0 bridgehead atoms. The van der Waals surface area contributed by atoms with Gasteiger partial charge in [-0.2, -0.15) is 0 Å². The highest BCUT2D eigenvalue weighted by atomic mass is 31.2. The van der Waals surface area contributed by atoms with Gasteiger partial charge in [-0.05, 0) is 36.6 Å². The first-order valence-electron chi connectivity index (χ1n) is 5.61. The summed E-state index contributed by atoms with van der Waals surface area (Å²) in [5, 5.41) is 0. The highest BCUT2D eigenvalue weighted by Crippen LogP contribution is 2.38. The van der Waals surface area contributed by atoms with Gasteiger partial charge in [0, 0.05) is 5.56 Å². The molecular formula is C14H15O3P. The second-order valence-corrected chi connectivity index (χ2v) is 4.78. The third kappa shape index (κ3) is 2.70. The first-order chi connectivity index (χ1) is 8.59. The summed E-state index contributed by atoms with van der Waals surface area (Å²) < 4.78 is 5.07. The van der Waals surface area contributed by atoms with E-state index in [0.29, 0.717) is 5.75 Å². The maximum atomic E-state index is 9.00. The van der Waals surface area contributed by atoms with Crippen molar-refractivity contribution in [3.05, 3.63) is 53.6 Å². The molecule has 2 aromatic rings. The lowest BCUT2D eigenvalue weighted by molar-refractivity contribution is 0.375. The van der Waals surface area contributed by atoms with Crippen molar-refractivity contribution in [1.82, 2.24) is 0 Å². The number of rotatable bonds is 3. The van der Waals surface area contributed by atoms with Crippen LogP contribution in [-0.4, -0.2) is 9.79 Å². The minimum atomic E-state index is -2.40. The molecule has 2 rings (SSSR count). The maximum absolute atomic E-state index is 9.00. The Hall–Kier alpha value is -1.41. The molecule has 0 aromatic heterocycles. The number of para-hydroxylation sites is 1. The largest absolute Gasteiger partial charge is 0.426 e. The minimum Gasteiger partial charge on any atom is -0.426 e. The first-order valence-corrected chi connectivity index (χ1v) is 6.77. The van der Waals surface area contributed by atoms with Crippen LogP contribution in [0.5, 0.6) is 5.75 Å². The molecular weight excluding hydrogens is 247 g/mol. The molecule has 0 spiro atoms. The Morgan fingerprint density at radius 1 is 0.889 bits per heavy atom. The van der Waals surface area contributed by atoms with Gasteiger partial charge in [0.1, 0.15) is 5.75 Å². The van der Waals surface area contributed by atoms with Gasteiger partial charge < -0.3 is 14.3 Å². The third-order valence-electron chi connectivity index (χ3n) is 2.96. The van der Waals surface area contributed by atoms with E-state index < -0.39 is 8.60 Å². The fraction of sp³-hybridized carbons (Fsp3) is 0.143. The second kappa shape index (κ2) is 5.49. The normalized spacial score (nSPS) is 10.7. The molecule has 2 N–H and O–H groups in total. The molecule has 4 heteroatoms. The molecule has 2 aromatic carbocycles. The monoisotopic (exact) mass is 262 g/mol. The van der Waals surface area contributed by atoms with Crippen LogP contribution in [0.25, 0.3) is 11.1 Å². The van der Waals surface area contributed by atoms with E-state index in [1.54, 1.807) is 6.07 Å². The average Bonchev–Trinajstić information content (AvgIpc) is 2.33. The van der Waals surface area contributed by atoms with Gasteiger partial charge in [0.2, 0.25) is 0 Å². The summed E-state index contributed by atoms with van der Waals surface area (Å²) in [5.74, 6) is 0.488. The average molecular weight is 262 g/mol. The van der Waals surface area contributed by atoms with Crippen LogP contribution in [0.15, 0.2) is 42.5 Å². The van der Waals surface area contributed by atoms with Gasteiger partial charge in [0.05, 0.1) is 0 Å². The van der Waals surface area contributed by atoms with Gasteiger partial charge in [-0.25, -0.2) is 0 Å². The second-order valence-electron chi connectivity index (χ2n) is 4.09. The Bertz CT molecular complexity index is 552. The Balaban J connectivity index is 2.53. The molecule has 0 radical (unpaired) electrons. The minimum absolute atomic E-state index is 0.488. The fourth-order valence-corrected chi connectivity index (χ4v) is 2.23. The van der Waals surface area contributed by atoms with Gasteiger partial charge in [0.15, 0.2) is 0 Å². The van der Waals surface area contributed by atoms with Gasteiger partial charge >= 0.3 is 8.60 Å². The van der Waals surface area contributed by atoms with Crippen molar-refractivity contribution in [1.29, 1.82) is 0 Å². The summed E-state index contributed by atoms with van der Waals surface area (Å²) in [6, 6.07) is 13.4. The molecule has 0 atom stereocenters. The van der Waals surface area contributed by atoms with Crippen molar-refractivity contribution >= 4 is 8.60 Å². The van der Waals surface area contributed by atoms with Crippen LogP contribution in [0, 0.1) is 13.8 Å². The summed E-state index contributed by atoms with van der Waals surface area (Å²) in [6.07, 6.45) is 0. The number of aryl methyl sites for hydroxylation is 1. The highest BCUT2D eigenvalue weighted by Gasteiger charge is 2.12. The van der Waals surface area contributed by atoms with Gasteiger partial charge in [-0.1, -0.05) is 36.4 Å². The summed E-state index contributed by atoms with van der Waals surface area (Å²) in [5.41, 5.74) is 4.27. The lowest BCUT2D eigenvalue weighted by Crippen LogP contribution is -1.92. The van der Waals surface area contributed by atoms with E-state index >= 15 is 0 Å². The molecule has 0 saturated carbocycles. The molecule has 0 aliphatic rings. The van der Waals surface area contributed by atoms with Gasteiger partial charge in [-0.15, -0.1) is 0 Å². The van der Waals surface area contributed by atoms with E-state index in [4.69, 9.17) is 14.3 Å². The summed E-state index contributed by atoms with van der Waals surface area (Å²) in [6.45, 7) is 4.09. The van der Waals surface area contributed by atoms with Crippen molar-refractivity contribution in [3.63, 3.8) is 0 Å². The third-order valence-corrected chi connectivity index (χ3v) is 3.32. The molecule has 3 nitrogen and oxygen atoms in total. The van der Waals surface area contributed by atoms with E-state index in [9.17, 15) is 0 Å². The predicted molar refractivity (Wildman–Crippen MR) is 73.3 cm³/mol. The van der Waals surface area contributed by atoms with Crippen molar-refractivity contribution in [2.75, 3.05) is 0 Å². The van der Waals surface area contributed by atoms with Crippen LogP contribution in [-0.2, 0) is 0 Å². The molecule has 94 valence electrons. The zero-order valence-corrected chi connectivity index (χ0v) is 11.2. The lowest BCUT2D eigenvalue weighted by Gasteiger charge is -2.14. The van der Waals surface area contributed by atoms with E-state index in [0.717, 1.165) is 16.7 Å².